The fraction of sp³-hybridized carbons (Fsp3) is 0. The summed E-state index contributed by atoms with van der Waals surface area (Å²) < 4.78 is 1.27. The quantitative estimate of drug-likeness (QED) is 0.596. The fourth-order valence-corrected chi connectivity index (χ4v) is 2.49. The van der Waals surface area contributed by atoms with Gasteiger partial charge in [0, 0.05) is 28.0 Å². The first kappa shape index (κ1) is 8.62. The maximum Gasteiger partial charge on any atom is 0.0355 e. The van der Waals surface area contributed by atoms with Gasteiger partial charge in [-0.2, -0.15) is 0 Å². The molecule has 0 N–H and O–H groups in total. The van der Waals surface area contributed by atoms with E-state index in [2.05, 4.69) is 28.6 Å². The summed E-state index contributed by atoms with van der Waals surface area (Å²) in [6.45, 7) is 0. The Morgan fingerprint density at radius 3 is 3.07 bits per heavy atom. The Bertz CT molecular complexity index is 584. The number of thiophene rings is 1. The van der Waals surface area contributed by atoms with Gasteiger partial charge in [-0.1, -0.05) is 6.07 Å². The molecule has 0 atom stereocenters. The maximum absolute atomic E-state index is 4.14. The largest absolute Gasteiger partial charge is 0.264 e. The molecule has 1 aromatic carbocycles. The van der Waals surface area contributed by atoms with Gasteiger partial charge in [0.2, 0.25) is 0 Å². The number of benzene rings is 1. The van der Waals surface area contributed by atoms with Gasteiger partial charge in [0.05, 0.1) is 0 Å². The van der Waals surface area contributed by atoms with Crippen molar-refractivity contribution in [2.75, 3.05) is 0 Å². The first-order valence-electron chi connectivity index (χ1n) is 4.73. The average molecular weight is 210 g/mol. The predicted octanol–water partition coefficient (Wildman–Crippen LogP) is 3.76. The van der Waals surface area contributed by atoms with E-state index >= 15 is 0 Å². The standard InChI is InChI=1S/C13H8NS/c1-4-11(10-3-2-7-14-9-10)12-6-8-15-13(12)5-1/h2-9H. The molecule has 2 aromatic heterocycles. The van der Waals surface area contributed by atoms with Crippen LogP contribution in [0.15, 0.2) is 48.1 Å². The number of hydrogen-bond donors (Lipinski definition) is 0. The third kappa shape index (κ3) is 1.43. The van der Waals surface area contributed by atoms with Crippen molar-refractivity contribution in [2.45, 2.75) is 0 Å². The molecule has 0 unspecified atom stereocenters. The van der Waals surface area contributed by atoms with E-state index in [1.165, 1.54) is 15.6 Å². The van der Waals surface area contributed by atoms with Crippen molar-refractivity contribution >= 4 is 21.4 Å². The Kier molecular flexibility index (Phi) is 2.00. The molecule has 0 bridgehead atoms. The summed E-state index contributed by atoms with van der Waals surface area (Å²) in [7, 11) is 0. The maximum atomic E-state index is 4.14. The van der Waals surface area contributed by atoms with Gasteiger partial charge in [0.15, 0.2) is 0 Å². The van der Waals surface area contributed by atoms with Crippen molar-refractivity contribution in [3.63, 3.8) is 0 Å². The van der Waals surface area contributed by atoms with Crippen LogP contribution in [-0.4, -0.2) is 4.98 Å². The lowest BCUT2D eigenvalue weighted by Gasteiger charge is -2.01. The van der Waals surface area contributed by atoms with E-state index in [4.69, 9.17) is 0 Å². The van der Waals surface area contributed by atoms with Crippen molar-refractivity contribution in [3.8, 4) is 11.1 Å². The topological polar surface area (TPSA) is 12.9 Å². The van der Waals surface area contributed by atoms with Gasteiger partial charge in [-0.3, -0.25) is 4.98 Å². The third-order valence-corrected chi connectivity index (χ3v) is 3.26. The highest BCUT2D eigenvalue weighted by Gasteiger charge is 2.03. The number of aromatic nitrogens is 1. The van der Waals surface area contributed by atoms with Gasteiger partial charge in [-0.05, 0) is 41.3 Å². The molecule has 0 spiro atoms. The summed E-state index contributed by atoms with van der Waals surface area (Å²) >= 11 is 1.74. The SMILES string of the molecule is [c]1cc(-c2cccnc2)c2ccsc2c1. The van der Waals surface area contributed by atoms with Crippen molar-refractivity contribution in [1.82, 2.24) is 4.98 Å². The zero-order chi connectivity index (χ0) is 10.1. The van der Waals surface area contributed by atoms with E-state index in [9.17, 15) is 0 Å². The highest BCUT2D eigenvalue weighted by molar-refractivity contribution is 7.17. The molecule has 2 heterocycles. The zero-order valence-corrected chi connectivity index (χ0v) is 8.79. The lowest BCUT2D eigenvalue weighted by Crippen LogP contribution is -1.79. The van der Waals surface area contributed by atoms with Gasteiger partial charge in [-0.25, -0.2) is 0 Å². The van der Waals surface area contributed by atoms with Crippen LogP contribution >= 0.6 is 11.3 Å². The first-order valence-corrected chi connectivity index (χ1v) is 5.61. The summed E-state index contributed by atoms with van der Waals surface area (Å²) in [5, 5.41) is 3.39. The smallest absolute Gasteiger partial charge is 0.0355 e. The molecule has 0 amide bonds. The monoisotopic (exact) mass is 210 g/mol. The number of nitrogens with zero attached hydrogens (tertiary/aromatic N) is 1. The van der Waals surface area contributed by atoms with Crippen LogP contribution in [0, 0.1) is 6.07 Å². The van der Waals surface area contributed by atoms with Crippen LogP contribution in [0.3, 0.4) is 0 Å². The van der Waals surface area contributed by atoms with Crippen molar-refractivity contribution in [3.05, 3.63) is 54.2 Å². The van der Waals surface area contributed by atoms with E-state index in [0.717, 1.165) is 5.56 Å². The molecule has 1 radical (unpaired) electrons. The van der Waals surface area contributed by atoms with E-state index in [-0.39, 0.29) is 0 Å². The van der Waals surface area contributed by atoms with Gasteiger partial charge >= 0.3 is 0 Å². The molecule has 1 nitrogen and oxygen atoms in total. The molecule has 3 rings (SSSR count). The van der Waals surface area contributed by atoms with Crippen LogP contribution in [0.25, 0.3) is 21.2 Å². The van der Waals surface area contributed by atoms with Crippen LogP contribution in [0.1, 0.15) is 0 Å². The molecule has 0 saturated heterocycles. The number of rotatable bonds is 1. The summed E-state index contributed by atoms with van der Waals surface area (Å²) in [6.07, 6.45) is 3.68. The van der Waals surface area contributed by atoms with Crippen molar-refractivity contribution < 1.29 is 0 Å². The molecule has 71 valence electrons. The lowest BCUT2D eigenvalue weighted by molar-refractivity contribution is 1.33. The normalized spacial score (nSPS) is 10.7. The minimum absolute atomic E-state index is 1.15. The van der Waals surface area contributed by atoms with Crippen molar-refractivity contribution in [2.24, 2.45) is 0 Å². The molecule has 0 saturated carbocycles. The average Bonchev–Trinajstić information content (AvgIpc) is 2.78. The molecule has 3 aromatic rings. The van der Waals surface area contributed by atoms with E-state index in [1.54, 1.807) is 17.5 Å². The van der Waals surface area contributed by atoms with E-state index in [0.29, 0.717) is 0 Å². The van der Waals surface area contributed by atoms with Gasteiger partial charge in [0.25, 0.3) is 0 Å². The van der Waals surface area contributed by atoms with Crippen LogP contribution in [0.4, 0.5) is 0 Å². The van der Waals surface area contributed by atoms with Crippen LogP contribution in [0.5, 0.6) is 0 Å². The van der Waals surface area contributed by atoms with Gasteiger partial charge < -0.3 is 0 Å². The molecular formula is C13H8NS. The molecule has 2 heteroatoms. The molecule has 0 aliphatic rings. The molecule has 0 fully saturated rings. The van der Waals surface area contributed by atoms with Crippen LogP contribution in [0.2, 0.25) is 0 Å². The summed E-state index contributed by atoms with van der Waals surface area (Å²) in [4.78, 5) is 4.14. The second kappa shape index (κ2) is 3.48. The lowest BCUT2D eigenvalue weighted by atomic mass is 10.0. The van der Waals surface area contributed by atoms with Crippen LogP contribution in [-0.2, 0) is 0 Å². The second-order valence-corrected chi connectivity index (χ2v) is 4.26. The van der Waals surface area contributed by atoms with Gasteiger partial charge in [0.1, 0.15) is 0 Å². The highest BCUT2D eigenvalue weighted by atomic mass is 32.1. The number of pyridine rings is 1. The Morgan fingerprint density at radius 2 is 2.20 bits per heavy atom. The Labute approximate surface area is 92.0 Å². The van der Waals surface area contributed by atoms with Gasteiger partial charge in [-0.15, -0.1) is 11.3 Å². The minimum atomic E-state index is 1.15. The zero-order valence-electron chi connectivity index (χ0n) is 7.97. The number of hydrogen-bond acceptors (Lipinski definition) is 2. The van der Waals surface area contributed by atoms with E-state index < -0.39 is 0 Å². The van der Waals surface area contributed by atoms with Crippen LogP contribution < -0.4 is 0 Å². The van der Waals surface area contributed by atoms with E-state index in [1.807, 2.05) is 24.4 Å². The number of fused-ring (bicyclic) bond motifs is 1. The fourth-order valence-electron chi connectivity index (χ4n) is 1.69. The molecule has 0 aliphatic heterocycles. The Morgan fingerprint density at radius 1 is 1.20 bits per heavy atom. The molecular weight excluding hydrogens is 202 g/mol. The Balaban J connectivity index is 2.31. The predicted molar refractivity (Wildman–Crippen MR) is 63.9 cm³/mol. The molecule has 0 aliphatic carbocycles. The summed E-state index contributed by atoms with van der Waals surface area (Å²) in [5.41, 5.74) is 2.36. The molecule has 15 heavy (non-hydrogen) atoms. The summed E-state index contributed by atoms with van der Waals surface area (Å²) in [5.74, 6) is 0. The minimum Gasteiger partial charge on any atom is -0.264 e. The Hall–Kier alpha value is -1.67. The first-order chi connectivity index (χ1) is 7.45. The third-order valence-electron chi connectivity index (χ3n) is 2.40. The van der Waals surface area contributed by atoms with Crippen molar-refractivity contribution in [1.29, 1.82) is 0 Å². The highest BCUT2D eigenvalue weighted by Crippen LogP contribution is 2.30. The second-order valence-electron chi connectivity index (χ2n) is 3.31. The summed E-state index contributed by atoms with van der Waals surface area (Å²) in [6, 6.07) is 13.4.